The third kappa shape index (κ3) is 1.71. The molecule has 0 spiro atoms. The molecule has 0 aromatic heterocycles. The van der Waals surface area contributed by atoms with E-state index in [9.17, 15) is 14.7 Å². The summed E-state index contributed by atoms with van der Waals surface area (Å²) in [5.74, 6) is -0.759. The van der Waals surface area contributed by atoms with E-state index in [0.717, 1.165) is 24.8 Å². The van der Waals surface area contributed by atoms with Gasteiger partial charge in [0.15, 0.2) is 0 Å². The Balaban J connectivity index is 2.01. The molecular weight excluding hydrogens is 248 g/mol. The number of aliphatic hydroxyl groups is 1. The molecule has 1 N–H and O–H groups in total. The minimum absolute atomic E-state index is 0.156. The van der Waals surface area contributed by atoms with Gasteiger partial charge in [-0.1, -0.05) is 5.57 Å². The highest BCUT2D eigenvalue weighted by Gasteiger charge is 2.63. The van der Waals surface area contributed by atoms with E-state index in [1.54, 1.807) is 0 Å². The molecule has 2 bridgehead atoms. The third-order valence-corrected chi connectivity index (χ3v) is 4.83. The SMILES string of the molecule is COC(=O)/C=C1\CCCC23CC[C@H](O)C(OC2=O)C13. The number of aliphatic hydroxyl groups excluding tert-OH is 1. The van der Waals surface area contributed by atoms with Gasteiger partial charge >= 0.3 is 11.9 Å². The predicted octanol–water partition coefficient (Wildman–Crippen LogP) is 0.952. The number of methoxy groups -OCH3 is 1. The van der Waals surface area contributed by atoms with Crippen LogP contribution in [0, 0.1) is 11.3 Å². The Kier molecular flexibility index (Phi) is 2.89. The van der Waals surface area contributed by atoms with Crippen LogP contribution in [-0.2, 0) is 19.1 Å². The zero-order valence-corrected chi connectivity index (χ0v) is 10.9. The molecule has 2 aliphatic carbocycles. The second kappa shape index (κ2) is 4.34. The van der Waals surface area contributed by atoms with E-state index in [-0.39, 0.29) is 11.9 Å². The van der Waals surface area contributed by atoms with Crippen molar-refractivity contribution in [2.75, 3.05) is 7.11 Å². The number of hydrogen-bond donors (Lipinski definition) is 1. The third-order valence-electron chi connectivity index (χ3n) is 4.83. The highest BCUT2D eigenvalue weighted by atomic mass is 16.6. The summed E-state index contributed by atoms with van der Waals surface area (Å²) in [5.41, 5.74) is 0.384. The van der Waals surface area contributed by atoms with Gasteiger partial charge < -0.3 is 14.6 Å². The summed E-state index contributed by atoms with van der Waals surface area (Å²) in [7, 11) is 1.34. The first kappa shape index (κ1) is 12.7. The summed E-state index contributed by atoms with van der Waals surface area (Å²) in [6.07, 6.45) is 4.04. The van der Waals surface area contributed by atoms with Crippen LogP contribution in [0.15, 0.2) is 11.6 Å². The second-order valence-corrected chi connectivity index (χ2v) is 5.71. The first-order chi connectivity index (χ1) is 9.08. The predicted molar refractivity (Wildman–Crippen MR) is 65.0 cm³/mol. The van der Waals surface area contributed by atoms with Crippen molar-refractivity contribution < 1.29 is 24.2 Å². The zero-order chi connectivity index (χ0) is 13.6. The monoisotopic (exact) mass is 266 g/mol. The molecule has 3 aliphatic rings. The van der Waals surface area contributed by atoms with E-state index in [0.29, 0.717) is 12.8 Å². The minimum atomic E-state index is -0.622. The van der Waals surface area contributed by atoms with Crippen LogP contribution in [-0.4, -0.2) is 36.4 Å². The smallest absolute Gasteiger partial charge is 0.330 e. The Hall–Kier alpha value is -1.36. The molecular formula is C14H18O5. The Labute approximate surface area is 111 Å². The van der Waals surface area contributed by atoms with Crippen molar-refractivity contribution in [3.8, 4) is 0 Å². The fourth-order valence-electron chi connectivity index (χ4n) is 3.96. The maximum Gasteiger partial charge on any atom is 0.330 e. The van der Waals surface area contributed by atoms with E-state index >= 15 is 0 Å². The van der Waals surface area contributed by atoms with Crippen molar-refractivity contribution in [3.63, 3.8) is 0 Å². The van der Waals surface area contributed by atoms with Crippen LogP contribution >= 0.6 is 0 Å². The topological polar surface area (TPSA) is 72.8 Å². The highest BCUT2D eigenvalue weighted by molar-refractivity contribution is 5.85. The lowest BCUT2D eigenvalue weighted by Gasteiger charge is -2.43. The molecule has 0 amide bonds. The minimum Gasteiger partial charge on any atom is -0.466 e. The maximum absolute atomic E-state index is 12.2. The molecule has 1 aliphatic heterocycles. The summed E-state index contributed by atoms with van der Waals surface area (Å²) < 4.78 is 10.1. The van der Waals surface area contributed by atoms with Gasteiger partial charge in [-0.05, 0) is 32.1 Å². The second-order valence-electron chi connectivity index (χ2n) is 5.71. The van der Waals surface area contributed by atoms with Crippen molar-refractivity contribution in [2.45, 2.75) is 44.3 Å². The standard InChI is InChI=1S/C14H18O5/c1-18-10(16)7-8-3-2-5-14-6-4-9(15)12(11(8)14)19-13(14)17/h7,9,11-12,15H,2-6H2,1H3/b8-7+/t9-,11?,12?,14?/m0/s1. The van der Waals surface area contributed by atoms with Crippen molar-refractivity contribution >= 4 is 11.9 Å². The molecule has 0 aromatic rings. The number of hydrogen-bond acceptors (Lipinski definition) is 5. The van der Waals surface area contributed by atoms with Crippen LogP contribution in [0.2, 0.25) is 0 Å². The van der Waals surface area contributed by atoms with Gasteiger partial charge in [-0.15, -0.1) is 0 Å². The average Bonchev–Trinajstić information content (AvgIpc) is 2.65. The molecule has 19 heavy (non-hydrogen) atoms. The van der Waals surface area contributed by atoms with Crippen LogP contribution < -0.4 is 0 Å². The molecule has 5 nitrogen and oxygen atoms in total. The van der Waals surface area contributed by atoms with Crippen molar-refractivity contribution in [3.05, 3.63) is 11.6 Å². The number of rotatable bonds is 1. The van der Waals surface area contributed by atoms with Gasteiger partial charge in [-0.25, -0.2) is 4.79 Å². The fourth-order valence-corrected chi connectivity index (χ4v) is 3.96. The Morgan fingerprint density at radius 1 is 1.53 bits per heavy atom. The van der Waals surface area contributed by atoms with Crippen LogP contribution in [0.4, 0.5) is 0 Å². The molecule has 1 saturated heterocycles. The molecule has 2 saturated carbocycles. The quantitative estimate of drug-likeness (QED) is 0.565. The fraction of sp³-hybridized carbons (Fsp3) is 0.714. The van der Waals surface area contributed by atoms with Gasteiger partial charge in [-0.2, -0.15) is 0 Å². The summed E-state index contributed by atoms with van der Waals surface area (Å²) in [4.78, 5) is 23.6. The maximum atomic E-state index is 12.2. The molecule has 3 unspecified atom stereocenters. The molecule has 104 valence electrons. The van der Waals surface area contributed by atoms with E-state index in [4.69, 9.17) is 4.74 Å². The van der Waals surface area contributed by atoms with Gasteiger partial charge in [0.05, 0.1) is 18.6 Å². The van der Waals surface area contributed by atoms with E-state index in [2.05, 4.69) is 4.74 Å². The molecule has 3 fully saturated rings. The molecule has 0 radical (unpaired) electrons. The van der Waals surface area contributed by atoms with Gasteiger partial charge in [-0.3, -0.25) is 4.79 Å². The Morgan fingerprint density at radius 3 is 3.05 bits per heavy atom. The van der Waals surface area contributed by atoms with Crippen LogP contribution in [0.25, 0.3) is 0 Å². The first-order valence-electron chi connectivity index (χ1n) is 6.76. The lowest BCUT2D eigenvalue weighted by atomic mass is 9.58. The Morgan fingerprint density at radius 2 is 2.32 bits per heavy atom. The van der Waals surface area contributed by atoms with Gasteiger partial charge in [0, 0.05) is 12.0 Å². The van der Waals surface area contributed by atoms with E-state index < -0.39 is 23.6 Å². The molecule has 0 aromatic carbocycles. The normalized spacial score (nSPS) is 42.7. The largest absolute Gasteiger partial charge is 0.466 e. The first-order valence-corrected chi connectivity index (χ1v) is 6.76. The van der Waals surface area contributed by atoms with Crippen LogP contribution in [0.5, 0.6) is 0 Å². The number of esters is 2. The molecule has 4 atom stereocenters. The van der Waals surface area contributed by atoms with Gasteiger partial charge in [0.1, 0.15) is 6.10 Å². The number of ether oxygens (including phenoxy) is 2. The molecule has 3 rings (SSSR count). The van der Waals surface area contributed by atoms with Crippen molar-refractivity contribution in [1.29, 1.82) is 0 Å². The number of carbonyl (C=O) groups is 2. The number of carbonyl (C=O) groups excluding carboxylic acids is 2. The summed E-state index contributed by atoms with van der Waals surface area (Å²) >= 11 is 0. The summed E-state index contributed by atoms with van der Waals surface area (Å²) in [6.45, 7) is 0. The Bertz CT molecular complexity index is 455. The average molecular weight is 266 g/mol. The lowest BCUT2D eigenvalue weighted by Crippen LogP contribution is -2.47. The molecule has 5 heteroatoms. The summed E-state index contributed by atoms with van der Waals surface area (Å²) in [6, 6.07) is 0. The van der Waals surface area contributed by atoms with Gasteiger partial charge in [0.25, 0.3) is 0 Å². The summed E-state index contributed by atoms with van der Waals surface area (Å²) in [5, 5.41) is 10.0. The lowest BCUT2D eigenvalue weighted by molar-refractivity contribution is -0.149. The van der Waals surface area contributed by atoms with E-state index in [1.165, 1.54) is 13.2 Å². The van der Waals surface area contributed by atoms with Crippen molar-refractivity contribution in [1.82, 2.24) is 0 Å². The van der Waals surface area contributed by atoms with Crippen LogP contribution in [0.1, 0.15) is 32.1 Å². The highest BCUT2D eigenvalue weighted by Crippen LogP contribution is 2.58. The molecule has 1 heterocycles. The van der Waals surface area contributed by atoms with Gasteiger partial charge in [0.2, 0.25) is 0 Å². The van der Waals surface area contributed by atoms with Crippen molar-refractivity contribution in [2.24, 2.45) is 11.3 Å². The zero-order valence-electron chi connectivity index (χ0n) is 10.9. The van der Waals surface area contributed by atoms with Crippen LogP contribution in [0.3, 0.4) is 0 Å². The van der Waals surface area contributed by atoms with E-state index in [1.807, 2.05) is 0 Å².